The summed E-state index contributed by atoms with van der Waals surface area (Å²) in [4.78, 5) is 8.29. The lowest BCUT2D eigenvalue weighted by Gasteiger charge is -2.20. The van der Waals surface area contributed by atoms with E-state index in [0.29, 0.717) is 32.0 Å². The molecule has 0 amide bonds. The molecular weight excluding hydrogens is 494 g/mol. The van der Waals surface area contributed by atoms with E-state index in [1.54, 1.807) is 0 Å². The molecule has 1 unspecified atom stereocenters. The summed E-state index contributed by atoms with van der Waals surface area (Å²) in [6.45, 7) is 5.22. The molecule has 1 saturated heterocycles. The first-order valence-electron chi connectivity index (χ1n) is 9.92. The fraction of sp³-hybridized carbons (Fsp3) is 0.650. The van der Waals surface area contributed by atoms with Crippen molar-refractivity contribution in [3.63, 3.8) is 0 Å². The van der Waals surface area contributed by atoms with Gasteiger partial charge in [-0.15, -0.1) is 24.0 Å². The number of guanidine groups is 1. The zero-order chi connectivity index (χ0) is 20.4. The molecule has 1 aliphatic heterocycles. The molecular formula is C20H33F3IN5. The molecule has 0 saturated carbocycles. The summed E-state index contributed by atoms with van der Waals surface area (Å²) in [6.07, 6.45) is -2.52. The van der Waals surface area contributed by atoms with Crippen LogP contribution in [0.1, 0.15) is 25.3 Å². The smallest absolute Gasteiger partial charge is 0.357 e. The van der Waals surface area contributed by atoms with Gasteiger partial charge in [-0.25, -0.2) is 0 Å². The Balaban J connectivity index is 0.00000420. The third kappa shape index (κ3) is 11.0. The number of nitrogens with zero attached hydrogens (tertiary/aromatic N) is 3. The van der Waals surface area contributed by atoms with E-state index in [-0.39, 0.29) is 30.0 Å². The Morgan fingerprint density at radius 1 is 1.28 bits per heavy atom. The molecule has 9 heteroatoms. The third-order valence-electron chi connectivity index (χ3n) is 4.62. The minimum Gasteiger partial charge on any atom is -0.357 e. The largest absolute Gasteiger partial charge is 0.401 e. The number of hydrogen-bond acceptors (Lipinski definition) is 3. The second-order valence-corrected chi connectivity index (χ2v) is 7.32. The van der Waals surface area contributed by atoms with Crippen LogP contribution in [0, 0.1) is 0 Å². The van der Waals surface area contributed by atoms with Crippen LogP contribution in [0.4, 0.5) is 13.2 Å². The van der Waals surface area contributed by atoms with Gasteiger partial charge in [0.05, 0.1) is 6.54 Å². The summed E-state index contributed by atoms with van der Waals surface area (Å²) >= 11 is 0. The maximum Gasteiger partial charge on any atom is 0.401 e. The van der Waals surface area contributed by atoms with Crippen molar-refractivity contribution in [2.75, 3.05) is 46.3 Å². The van der Waals surface area contributed by atoms with Crippen LogP contribution in [0.2, 0.25) is 0 Å². The minimum absolute atomic E-state index is 0. The number of likely N-dealkylation sites (tertiary alicyclic amines) is 1. The molecule has 1 atom stereocenters. The van der Waals surface area contributed by atoms with Gasteiger partial charge in [-0.2, -0.15) is 13.2 Å². The molecule has 1 heterocycles. The van der Waals surface area contributed by atoms with Crippen LogP contribution in [-0.4, -0.2) is 74.3 Å². The zero-order valence-electron chi connectivity index (χ0n) is 17.2. The van der Waals surface area contributed by atoms with E-state index in [4.69, 9.17) is 0 Å². The van der Waals surface area contributed by atoms with Gasteiger partial charge < -0.3 is 15.5 Å². The number of halogens is 4. The van der Waals surface area contributed by atoms with Crippen molar-refractivity contribution in [3.8, 4) is 0 Å². The molecule has 0 bridgehead atoms. The Kier molecular flexibility index (Phi) is 11.9. The Hall–Kier alpha value is -1.07. The summed E-state index contributed by atoms with van der Waals surface area (Å²) in [5.74, 6) is 0.687. The van der Waals surface area contributed by atoms with Crippen molar-refractivity contribution in [1.82, 2.24) is 20.4 Å². The molecule has 1 aliphatic rings. The molecule has 5 nitrogen and oxygen atoms in total. The lowest BCUT2D eigenvalue weighted by molar-refractivity contribution is -0.143. The van der Waals surface area contributed by atoms with E-state index in [9.17, 15) is 13.2 Å². The van der Waals surface area contributed by atoms with Gasteiger partial charge >= 0.3 is 6.18 Å². The molecule has 29 heavy (non-hydrogen) atoms. The molecule has 0 radical (unpaired) electrons. The predicted octanol–water partition coefficient (Wildman–Crippen LogP) is 3.32. The lowest BCUT2D eigenvalue weighted by Crippen LogP contribution is -2.45. The highest BCUT2D eigenvalue weighted by atomic mass is 127. The number of hydrogen-bond donors (Lipinski definition) is 2. The van der Waals surface area contributed by atoms with Crippen LogP contribution in [0.3, 0.4) is 0 Å². The SMILES string of the molecule is CCNC(=NCCCN(C)Cc1ccccc1)NC1CCN(CC(F)(F)F)C1.I. The maximum absolute atomic E-state index is 12.5. The van der Waals surface area contributed by atoms with E-state index in [1.807, 2.05) is 25.1 Å². The van der Waals surface area contributed by atoms with Crippen molar-refractivity contribution in [3.05, 3.63) is 35.9 Å². The average Bonchev–Trinajstić information content (AvgIpc) is 3.04. The Bertz CT molecular complexity index is 598. The fourth-order valence-corrected chi connectivity index (χ4v) is 3.37. The average molecular weight is 527 g/mol. The van der Waals surface area contributed by atoms with E-state index in [0.717, 1.165) is 26.1 Å². The van der Waals surface area contributed by atoms with Crippen LogP contribution in [0.15, 0.2) is 35.3 Å². The van der Waals surface area contributed by atoms with Crippen LogP contribution in [0.25, 0.3) is 0 Å². The van der Waals surface area contributed by atoms with E-state index in [1.165, 1.54) is 10.5 Å². The molecule has 1 aromatic rings. The molecule has 2 N–H and O–H groups in total. The summed E-state index contributed by atoms with van der Waals surface area (Å²) in [5, 5.41) is 6.46. The van der Waals surface area contributed by atoms with Crippen LogP contribution < -0.4 is 10.6 Å². The van der Waals surface area contributed by atoms with E-state index < -0.39 is 12.7 Å². The first-order valence-corrected chi connectivity index (χ1v) is 9.92. The van der Waals surface area contributed by atoms with Gasteiger partial charge in [0.2, 0.25) is 0 Å². The topological polar surface area (TPSA) is 42.9 Å². The molecule has 2 rings (SSSR count). The highest BCUT2D eigenvalue weighted by molar-refractivity contribution is 14.0. The van der Waals surface area contributed by atoms with Gasteiger partial charge in [-0.1, -0.05) is 30.3 Å². The Morgan fingerprint density at radius 3 is 2.66 bits per heavy atom. The number of benzene rings is 1. The maximum atomic E-state index is 12.5. The standard InChI is InChI=1S/C20H32F3N5.HI/c1-3-24-19(26-18-10-13-28(15-18)16-20(21,22)23)25-11-7-12-27(2)14-17-8-5-4-6-9-17;/h4-6,8-9,18H,3,7,10-16H2,1-2H3,(H2,24,25,26);1H. The van der Waals surface area contributed by atoms with Crippen molar-refractivity contribution < 1.29 is 13.2 Å². The quantitative estimate of drug-likeness (QED) is 0.224. The van der Waals surface area contributed by atoms with Gasteiger partial charge in [0.15, 0.2) is 5.96 Å². The minimum atomic E-state index is -4.14. The van der Waals surface area contributed by atoms with Gasteiger partial charge in [0.1, 0.15) is 0 Å². The summed E-state index contributed by atoms with van der Waals surface area (Å²) in [7, 11) is 2.09. The molecule has 0 aliphatic carbocycles. The van der Waals surface area contributed by atoms with Gasteiger partial charge in [0, 0.05) is 38.8 Å². The summed E-state index contributed by atoms with van der Waals surface area (Å²) < 4.78 is 37.6. The molecule has 166 valence electrons. The van der Waals surface area contributed by atoms with E-state index >= 15 is 0 Å². The van der Waals surface area contributed by atoms with Gasteiger partial charge in [0.25, 0.3) is 0 Å². The molecule has 0 aromatic heterocycles. The highest BCUT2D eigenvalue weighted by Gasteiger charge is 2.34. The number of aliphatic imine (C=N–C) groups is 1. The summed E-state index contributed by atoms with van der Waals surface area (Å²) in [6, 6.07) is 10.3. The monoisotopic (exact) mass is 527 g/mol. The van der Waals surface area contributed by atoms with Crippen LogP contribution in [-0.2, 0) is 6.54 Å². The van der Waals surface area contributed by atoms with Gasteiger partial charge in [-0.3, -0.25) is 9.89 Å². The zero-order valence-corrected chi connectivity index (χ0v) is 19.5. The Morgan fingerprint density at radius 2 is 2.00 bits per heavy atom. The van der Waals surface area contributed by atoms with Crippen molar-refractivity contribution >= 4 is 29.9 Å². The van der Waals surface area contributed by atoms with Crippen LogP contribution in [0.5, 0.6) is 0 Å². The number of rotatable bonds is 9. The number of alkyl halides is 3. The molecule has 0 spiro atoms. The predicted molar refractivity (Wildman–Crippen MR) is 123 cm³/mol. The highest BCUT2D eigenvalue weighted by Crippen LogP contribution is 2.19. The van der Waals surface area contributed by atoms with E-state index in [2.05, 4.69) is 39.7 Å². The fourth-order valence-electron chi connectivity index (χ4n) is 3.37. The normalized spacial score (nSPS) is 18.0. The first-order chi connectivity index (χ1) is 13.4. The van der Waals surface area contributed by atoms with Crippen molar-refractivity contribution in [1.29, 1.82) is 0 Å². The second-order valence-electron chi connectivity index (χ2n) is 7.32. The van der Waals surface area contributed by atoms with Crippen molar-refractivity contribution in [2.24, 2.45) is 4.99 Å². The Labute approximate surface area is 189 Å². The molecule has 1 aromatic carbocycles. The summed E-state index contributed by atoms with van der Waals surface area (Å²) in [5.41, 5.74) is 1.29. The second kappa shape index (κ2) is 13.3. The molecule has 1 fully saturated rings. The number of nitrogens with one attached hydrogen (secondary N) is 2. The van der Waals surface area contributed by atoms with Crippen LogP contribution >= 0.6 is 24.0 Å². The third-order valence-corrected chi connectivity index (χ3v) is 4.62. The first kappa shape index (κ1) is 26.0. The lowest BCUT2D eigenvalue weighted by atomic mass is 10.2. The van der Waals surface area contributed by atoms with Gasteiger partial charge in [-0.05, 0) is 38.9 Å². The van der Waals surface area contributed by atoms with Crippen molar-refractivity contribution in [2.45, 2.75) is 38.5 Å².